The zero-order valence-electron chi connectivity index (χ0n) is 15.1. The summed E-state index contributed by atoms with van der Waals surface area (Å²) in [5, 5.41) is 0.529. The van der Waals surface area contributed by atoms with Crippen LogP contribution in [0.1, 0.15) is 18.1 Å². The summed E-state index contributed by atoms with van der Waals surface area (Å²) >= 11 is 1.21. The maximum atomic E-state index is 13.2. The number of carbonyl (C=O) groups is 1. The van der Waals surface area contributed by atoms with E-state index in [-0.39, 0.29) is 11.5 Å². The Morgan fingerprint density at radius 3 is 2.58 bits per heavy atom. The molecule has 0 fully saturated rings. The molecule has 0 amide bonds. The van der Waals surface area contributed by atoms with Crippen molar-refractivity contribution in [1.29, 1.82) is 0 Å². The van der Waals surface area contributed by atoms with Gasteiger partial charge in [0.05, 0.1) is 23.7 Å². The van der Waals surface area contributed by atoms with Gasteiger partial charge in [-0.15, -0.1) is 0 Å². The molecule has 3 aromatic rings. The minimum atomic E-state index is -0.481. The quantitative estimate of drug-likeness (QED) is 0.400. The van der Waals surface area contributed by atoms with Crippen LogP contribution in [-0.4, -0.2) is 27.9 Å². The number of para-hydroxylation sites is 1. The van der Waals surface area contributed by atoms with Crippen LogP contribution in [0.2, 0.25) is 0 Å². The molecule has 26 heavy (non-hydrogen) atoms. The van der Waals surface area contributed by atoms with Gasteiger partial charge in [0.15, 0.2) is 5.16 Å². The second-order valence-corrected chi connectivity index (χ2v) is 7.41. The second kappa shape index (κ2) is 7.33. The highest BCUT2D eigenvalue weighted by atomic mass is 32.2. The first-order chi connectivity index (χ1) is 12.4. The van der Waals surface area contributed by atoms with Gasteiger partial charge in [-0.2, -0.15) is 0 Å². The smallest absolute Gasteiger partial charge is 0.318 e. The zero-order valence-corrected chi connectivity index (χ0v) is 16.0. The lowest BCUT2D eigenvalue weighted by Crippen LogP contribution is -2.24. The molecule has 0 spiro atoms. The lowest BCUT2D eigenvalue weighted by Gasteiger charge is -2.16. The van der Waals surface area contributed by atoms with Crippen molar-refractivity contribution in [1.82, 2.24) is 9.55 Å². The van der Waals surface area contributed by atoms with Gasteiger partial charge in [-0.25, -0.2) is 4.98 Å². The van der Waals surface area contributed by atoms with Gasteiger partial charge in [0.1, 0.15) is 5.25 Å². The van der Waals surface area contributed by atoms with Gasteiger partial charge >= 0.3 is 5.97 Å². The Hall–Kier alpha value is -2.60. The van der Waals surface area contributed by atoms with Crippen molar-refractivity contribution < 1.29 is 9.53 Å². The van der Waals surface area contributed by atoms with Gasteiger partial charge < -0.3 is 4.74 Å². The van der Waals surface area contributed by atoms with Crippen molar-refractivity contribution in [2.45, 2.75) is 31.2 Å². The predicted octanol–water partition coefficient (Wildman–Crippen LogP) is 3.66. The molecule has 0 N–H and O–H groups in total. The van der Waals surface area contributed by atoms with E-state index in [0.717, 1.165) is 16.8 Å². The van der Waals surface area contributed by atoms with E-state index in [2.05, 4.69) is 4.98 Å². The molecule has 1 heterocycles. The van der Waals surface area contributed by atoms with Crippen LogP contribution in [0.15, 0.2) is 52.4 Å². The van der Waals surface area contributed by atoms with Crippen molar-refractivity contribution in [2.24, 2.45) is 0 Å². The van der Waals surface area contributed by atoms with Crippen LogP contribution in [0.5, 0.6) is 0 Å². The van der Waals surface area contributed by atoms with E-state index in [0.29, 0.717) is 16.1 Å². The standard InChI is InChI=1S/C20H20N2O3S/c1-12-9-10-15(11-13(12)2)22-18(23)16-7-5-6-8-17(16)21-20(22)26-14(3)19(24)25-4/h5-11,14H,1-4H3/t14-/m0/s1. The molecule has 1 aromatic heterocycles. The van der Waals surface area contributed by atoms with Gasteiger partial charge in [0.25, 0.3) is 5.56 Å². The number of esters is 1. The lowest BCUT2D eigenvalue weighted by atomic mass is 10.1. The van der Waals surface area contributed by atoms with Crippen LogP contribution in [-0.2, 0) is 9.53 Å². The third-order valence-electron chi connectivity index (χ3n) is 4.31. The Morgan fingerprint density at radius 2 is 1.88 bits per heavy atom. The molecule has 1 atom stereocenters. The minimum absolute atomic E-state index is 0.154. The SMILES string of the molecule is COC(=O)[C@H](C)Sc1nc2ccccc2c(=O)n1-c1ccc(C)c(C)c1. The van der Waals surface area contributed by atoms with Gasteiger partial charge in [-0.3, -0.25) is 14.2 Å². The number of carbonyl (C=O) groups excluding carboxylic acids is 1. The predicted molar refractivity (Wildman–Crippen MR) is 104 cm³/mol. The molecule has 0 bridgehead atoms. The van der Waals surface area contributed by atoms with Gasteiger partial charge in [0.2, 0.25) is 0 Å². The normalized spacial score (nSPS) is 12.2. The van der Waals surface area contributed by atoms with Crippen LogP contribution < -0.4 is 5.56 Å². The van der Waals surface area contributed by atoms with E-state index in [9.17, 15) is 9.59 Å². The molecule has 6 heteroatoms. The Labute approximate surface area is 156 Å². The molecule has 0 radical (unpaired) electrons. The molecule has 0 saturated carbocycles. The Kier molecular flexibility index (Phi) is 5.13. The van der Waals surface area contributed by atoms with Crippen molar-refractivity contribution in [3.05, 3.63) is 63.9 Å². The summed E-state index contributed by atoms with van der Waals surface area (Å²) in [6.45, 7) is 5.76. The average molecular weight is 368 g/mol. The number of aryl methyl sites for hydroxylation is 2. The second-order valence-electron chi connectivity index (χ2n) is 6.10. The summed E-state index contributed by atoms with van der Waals surface area (Å²) < 4.78 is 6.38. The van der Waals surface area contributed by atoms with E-state index < -0.39 is 5.25 Å². The number of methoxy groups -OCH3 is 1. The molecule has 0 saturated heterocycles. The third-order valence-corrected chi connectivity index (χ3v) is 5.34. The Morgan fingerprint density at radius 1 is 1.15 bits per heavy atom. The molecule has 5 nitrogen and oxygen atoms in total. The molecular formula is C20H20N2O3S. The van der Waals surface area contributed by atoms with E-state index >= 15 is 0 Å². The van der Waals surface area contributed by atoms with Crippen molar-refractivity contribution >= 4 is 28.6 Å². The Balaban J connectivity index is 2.25. The number of hydrogen-bond acceptors (Lipinski definition) is 5. The summed E-state index contributed by atoms with van der Waals surface area (Å²) in [5.74, 6) is -0.357. The van der Waals surface area contributed by atoms with Crippen LogP contribution >= 0.6 is 11.8 Å². The summed E-state index contributed by atoms with van der Waals surface area (Å²) in [6, 6.07) is 13.1. The third kappa shape index (κ3) is 3.37. The fourth-order valence-electron chi connectivity index (χ4n) is 2.66. The maximum Gasteiger partial charge on any atom is 0.318 e. The Bertz CT molecular complexity index is 1040. The van der Waals surface area contributed by atoms with Crippen LogP contribution in [0, 0.1) is 13.8 Å². The summed E-state index contributed by atoms with van der Waals surface area (Å²) in [7, 11) is 1.35. The number of fused-ring (bicyclic) bond motifs is 1. The summed E-state index contributed by atoms with van der Waals surface area (Å²) in [5.41, 5.74) is 3.42. The largest absolute Gasteiger partial charge is 0.468 e. The fourth-order valence-corrected chi connectivity index (χ4v) is 3.61. The van der Waals surface area contributed by atoms with E-state index in [1.54, 1.807) is 23.6 Å². The molecule has 0 aliphatic carbocycles. The zero-order chi connectivity index (χ0) is 18.8. The van der Waals surface area contributed by atoms with Crippen molar-refractivity contribution in [3.8, 4) is 5.69 Å². The maximum absolute atomic E-state index is 13.2. The molecule has 134 valence electrons. The lowest BCUT2D eigenvalue weighted by molar-refractivity contribution is -0.139. The van der Waals surface area contributed by atoms with Gasteiger partial charge in [-0.1, -0.05) is 30.0 Å². The van der Waals surface area contributed by atoms with Gasteiger partial charge in [-0.05, 0) is 56.2 Å². The number of benzene rings is 2. The monoisotopic (exact) mass is 368 g/mol. The minimum Gasteiger partial charge on any atom is -0.468 e. The molecule has 0 aliphatic heterocycles. The van der Waals surface area contributed by atoms with Crippen LogP contribution in [0.3, 0.4) is 0 Å². The highest BCUT2D eigenvalue weighted by Crippen LogP contribution is 2.26. The number of thioether (sulfide) groups is 1. The molecule has 0 unspecified atom stereocenters. The highest BCUT2D eigenvalue weighted by Gasteiger charge is 2.20. The van der Waals surface area contributed by atoms with Crippen molar-refractivity contribution in [3.63, 3.8) is 0 Å². The first kappa shape index (κ1) is 18.2. The number of hydrogen-bond donors (Lipinski definition) is 0. The molecule has 2 aromatic carbocycles. The number of nitrogens with zero attached hydrogens (tertiary/aromatic N) is 2. The number of rotatable bonds is 4. The molecule has 3 rings (SSSR count). The van der Waals surface area contributed by atoms with Crippen LogP contribution in [0.25, 0.3) is 16.6 Å². The average Bonchev–Trinajstić information content (AvgIpc) is 2.64. The summed E-state index contributed by atoms with van der Waals surface area (Å²) in [4.78, 5) is 29.7. The van der Waals surface area contributed by atoms with E-state index in [1.807, 2.05) is 44.2 Å². The van der Waals surface area contributed by atoms with E-state index in [4.69, 9.17) is 4.74 Å². The van der Waals surface area contributed by atoms with Crippen molar-refractivity contribution in [2.75, 3.05) is 7.11 Å². The van der Waals surface area contributed by atoms with Gasteiger partial charge in [0, 0.05) is 0 Å². The highest BCUT2D eigenvalue weighted by molar-refractivity contribution is 8.00. The number of aromatic nitrogens is 2. The van der Waals surface area contributed by atoms with E-state index in [1.165, 1.54) is 18.9 Å². The molecular weight excluding hydrogens is 348 g/mol. The fraction of sp³-hybridized carbons (Fsp3) is 0.250. The summed E-state index contributed by atoms with van der Waals surface area (Å²) in [6.07, 6.45) is 0. The first-order valence-corrected chi connectivity index (χ1v) is 9.14. The first-order valence-electron chi connectivity index (χ1n) is 8.26. The topological polar surface area (TPSA) is 61.2 Å². The number of ether oxygens (including phenoxy) is 1. The van der Waals surface area contributed by atoms with Crippen LogP contribution in [0.4, 0.5) is 0 Å². The molecule has 0 aliphatic rings.